The van der Waals surface area contributed by atoms with E-state index in [1.807, 2.05) is 18.7 Å². The lowest BCUT2D eigenvalue weighted by atomic mass is 10.1. The topological polar surface area (TPSA) is 54.2 Å². The Morgan fingerprint density at radius 3 is 2.61 bits per heavy atom. The standard InChI is InChI=1S/C18H27N5/c1-13-7-6-8-16(11-13)9-10-20-18(19-4)21-12-17-14(2)22-23(5)15(17)3/h6-8,11H,9-10,12H2,1-5H3,(H2,19,20,21). The maximum atomic E-state index is 4.44. The van der Waals surface area contributed by atoms with Crippen molar-refractivity contribution >= 4 is 5.96 Å². The molecule has 0 spiro atoms. The van der Waals surface area contributed by atoms with Crippen molar-refractivity contribution in [1.29, 1.82) is 0 Å². The van der Waals surface area contributed by atoms with Gasteiger partial charge in [-0.15, -0.1) is 0 Å². The summed E-state index contributed by atoms with van der Waals surface area (Å²) < 4.78 is 1.92. The van der Waals surface area contributed by atoms with Crippen molar-refractivity contribution in [2.75, 3.05) is 13.6 Å². The van der Waals surface area contributed by atoms with Crippen LogP contribution in [0.5, 0.6) is 0 Å². The van der Waals surface area contributed by atoms with Crippen LogP contribution in [0.4, 0.5) is 0 Å². The third-order valence-corrected chi connectivity index (χ3v) is 4.10. The molecule has 5 nitrogen and oxygen atoms in total. The van der Waals surface area contributed by atoms with Crippen molar-refractivity contribution in [2.24, 2.45) is 12.0 Å². The Kier molecular flexibility index (Phi) is 5.79. The number of nitrogens with one attached hydrogen (secondary N) is 2. The van der Waals surface area contributed by atoms with Gasteiger partial charge in [0.25, 0.3) is 0 Å². The Hall–Kier alpha value is -2.30. The van der Waals surface area contributed by atoms with Gasteiger partial charge in [-0.3, -0.25) is 9.67 Å². The van der Waals surface area contributed by atoms with Crippen LogP contribution in [0.15, 0.2) is 29.3 Å². The van der Waals surface area contributed by atoms with E-state index in [-0.39, 0.29) is 0 Å². The first-order valence-corrected chi connectivity index (χ1v) is 8.00. The molecule has 1 aromatic heterocycles. The molecule has 0 aliphatic carbocycles. The van der Waals surface area contributed by atoms with Crippen LogP contribution in [0.2, 0.25) is 0 Å². The van der Waals surface area contributed by atoms with Crippen molar-refractivity contribution < 1.29 is 0 Å². The molecule has 1 aromatic carbocycles. The zero-order valence-electron chi connectivity index (χ0n) is 14.8. The SMILES string of the molecule is CN=C(NCCc1cccc(C)c1)NCc1c(C)nn(C)c1C. The molecule has 0 unspecified atom stereocenters. The molecule has 0 atom stereocenters. The van der Waals surface area contributed by atoms with E-state index in [4.69, 9.17) is 0 Å². The molecular weight excluding hydrogens is 286 g/mol. The van der Waals surface area contributed by atoms with Gasteiger partial charge in [-0.25, -0.2) is 0 Å². The minimum absolute atomic E-state index is 0.732. The smallest absolute Gasteiger partial charge is 0.191 e. The van der Waals surface area contributed by atoms with Crippen molar-refractivity contribution in [3.63, 3.8) is 0 Å². The highest BCUT2D eigenvalue weighted by molar-refractivity contribution is 5.79. The van der Waals surface area contributed by atoms with Gasteiger partial charge in [0.2, 0.25) is 0 Å². The van der Waals surface area contributed by atoms with E-state index in [9.17, 15) is 0 Å². The molecule has 0 aliphatic rings. The van der Waals surface area contributed by atoms with Gasteiger partial charge < -0.3 is 10.6 Å². The second-order valence-corrected chi connectivity index (χ2v) is 5.86. The summed E-state index contributed by atoms with van der Waals surface area (Å²) in [5.41, 5.74) is 6.12. The minimum Gasteiger partial charge on any atom is -0.356 e. The average Bonchev–Trinajstić information content (AvgIpc) is 2.76. The number of guanidine groups is 1. The summed E-state index contributed by atoms with van der Waals surface area (Å²) in [6.07, 6.45) is 0.979. The summed E-state index contributed by atoms with van der Waals surface area (Å²) in [6.45, 7) is 7.84. The summed E-state index contributed by atoms with van der Waals surface area (Å²) in [4.78, 5) is 4.29. The summed E-state index contributed by atoms with van der Waals surface area (Å²) >= 11 is 0. The number of rotatable bonds is 5. The van der Waals surface area contributed by atoms with Crippen LogP contribution < -0.4 is 10.6 Å². The van der Waals surface area contributed by atoms with E-state index >= 15 is 0 Å². The van der Waals surface area contributed by atoms with Gasteiger partial charge >= 0.3 is 0 Å². The average molecular weight is 313 g/mol. The number of hydrogen-bond acceptors (Lipinski definition) is 2. The molecule has 0 fully saturated rings. The summed E-state index contributed by atoms with van der Waals surface area (Å²) in [6, 6.07) is 8.61. The number of nitrogens with zero attached hydrogens (tertiary/aromatic N) is 3. The van der Waals surface area contributed by atoms with Gasteiger partial charge in [-0.2, -0.15) is 5.10 Å². The molecule has 23 heavy (non-hydrogen) atoms. The van der Waals surface area contributed by atoms with E-state index in [0.717, 1.165) is 31.2 Å². The molecule has 2 aromatic rings. The highest BCUT2D eigenvalue weighted by Crippen LogP contribution is 2.11. The Morgan fingerprint density at radius 2 is 2.00 bits per heavy atom. The van der Waals surface area contributed by atoms with Gasteiger partial charge in [0.15, 0.2) is 5.96 Å². The lowest BCUT2D eigenvalue weighted by Gasteiger charge is -2.12. The van der Waals surface area contributed by atoms with Crippen LogP contribution in [-0.2, 0) is 20.0 Å². The monoisotopic (exact) mass is 313 g/mol. The molecule has 124 valence electrons. The Labute approximate surface area is 138 Å². The second kappa shape index (κ2) is 7.81. The first-order chi connectivity index (χ1) is 11.0. The summed E-state index contributed by atoms with van der Waals surface area (Å²) in [7, 11) is 3.77. The molecule has 0 saturated heterocycles. The highest BCUT2D eigenvalue weighted by atomic mass is 15.3. The molecule has 0 aliphatic heterocycles. The third kappa shape index (κ3) is 4.58. The van der Waals surface area contributed by atoms with Crippen LogP contribution in [0.1, 0.15) is 28.1 Å². The normalized spacial score (nSPS) is 11.6. The highest BCUT2D eigenvalue weighted by Gasteiger charge is 2.09. The second-order valence-electron chi connectivity index (χ2n) is 5.86. The first-order valence-electron chi connectivity index (χ1n) is 8.00. The molecule has 0 bridgehead atoms. The van der Waals surface area contributed by atoms with Crippen LogP contribution >= 0.6 is 0 Å². The number of aryl methyl sites for hydroxylation is 3. The fourth-order valence-corrected chi connectivity index (χ4v) is 2.66. The fourth-order valence-electron chi connectivity index (χ4n) is 2.66. The van der Waals surface area contributed by atoms with E-state index in [1.54, 1.807) is 7.05 Å². The van der Waals surface area contributed by atoms with Crippen molar-refractivity contribution in [2.45, 2.75) is 33.7 Å². The van der Waals surface area contributed by atoms with E-state index in [0.29, 0.717) is 0 Å². The van der Waals surface area contributed by atoms with Gasteiger partial charge in [0.1, 0.15) is 0 Å². The molecule has 5 heteroatoms. The lowest BCUT2D eigenvalue weighted by Crippen LogP contribution is -2.38. The van der Waals surface area contributed by atoms with E-state index in [2.05, 4.69) is 58.8 Å². The molecule has 0 saturated carbocycles. The fraction of sp³-hybridized carbons (Fsp3) is 0.444. The molecule has 1 heterocycles. The Morgan fingerprint density at radius 1 is 1.22 bits per heavy atom. The van der Waals surface area contributed by atoms with Crippen LogP contribution in [0.3, 0.4) is 0 Å². The van der Waals surface area contributed by atoms with Crippen molar-refractivity contribution in [1.82, 2.24) is 20.4 Å². The maximum Gasteiger partial charge on any atom is 0.191 e. The van der Waals surface area contributed by atoms with Gasteiger partial charge in [-0.1, -0.05) is 29.8 Å². The van der Waals surface area contributed by atoms with Gasteiger partial charge in [0, 0.05) is 38.4 Å². The Bertz CT molecular complexity index is 685. The lowest BCUT2D eigenvalue weighted by molar-refractivity contribution is 0.728. The van der Waals surface area contributed by atoms with Crippen LogP contribution in [0, 0.1) is 20.8 Å². The number of aliphatic imine (C=N–C) groups is 1. The van der Waals surface area contributed by atoms with Gasteiger partial charge in [-0.05, 0) is 32.8 Å². The minimum atomic E-state index is 0.732. The van der Waals surface area contributed by atoms with Gasteiger partial charge in [0.05, 0.1) is 5.69 Å². The molecule has 2 rings (SSSR count). The van der Waals surface area contributed by atoms with Crippen molar-refractivity contribution in [3.05, 3.63) is 52.3 Å². The quantitative estimate of drug-likeness (QED) is 0.657. The number of aromatic nitrogens is 2. The van der Waals surface area contributed by atoms with E-state index in [1.165, 1.54) is 22.4 Å². The number of hydrogen-bond donors (Lipinski definition) is 2. The predicted octanol–water partition coefficient (Wildman–Crippen LogP) is 2.25. The Balaban J connectivity index is 1.84. The molecule has 0 radical (unpaired) electrons. The summed E-state index contributed by atoms with van der Waals surface area (Å²) in [5, 5.41) is 11.2. The molecular formula is C18H27N5. The third-order valence-electron chi connectivity index (χ3n) is 4.10. The van der Waals surface area contributed by atoms with Crippen molar-refractivity contribution in [3.8, 4) is 0 Å². The maximum absolute atomic E-state index is 4.44. The molecule has 2 N–H and O–H groups in total. The summed E-state index contributed by atoms with van der Waals surface area (Å²) in [5.74, 6) is 0.820. The number of benzene rings is 1. The van der Waals surface area contributed by atoms with Crippen LogP contribution in [0.25, 0.3) is 0 Å². The predicted molar refractivity (Wildman–Crippen MR) is 95.8 cm³/mol. The first kappa shape index (κ1) is 17.1. The zero-order valence-corrected chi connectivity index (χ0v) is 14.8. The van der Waals surface area contributed by atoms with E-state index < -0.39 is 0 Å². The van der Waals surface area contributed by atoms with Crippen LogP contribution in [-0.4, -0.2) is 29.3 Å². The largest absolute Gasteiger partial charge is 0.356 e. The zero-order chi connectivity index (χ0) is 16.8. The molecule has 0 amide bonds.